The number of hydrogen-bond acceptors (Lipinski definition) is 3. The molecule has 0 amide bonds. The first kappa shape index (κ1) is 18.2. The average molecular weight is 299 g/mol. The quantitative estimate of drug-likeness (QED) is 0.579. The Kier molecular flexibility index (Phi) is 9.21. The molecule has 1 unspecified atom stereocenters. The number of alkyl halides is 1. The second kappa shape index (κ2) is 9.13. The van der Waals surface area contributed by atoms with Crippen molar-refractivity contribution in [3.8, 4) is 0 Å². The molecule has 4 nitrogen and oxygen atoms in total. The van der Waals surface area contributed by atoms with E-state index >= 15 is 0 Å². The van der Waals surface area contributed by atoms with Gasteiger partial charge in [0.1, 0.15) is 0 Å². The molecule has 0 saturated carbocycles. The van der Waals surface area contributed by atoms with Crippen LogP contribution in [0.15, 0.2) is 0 Å². The van der Waals surface area contributed by atoms with Crippen molar-refractivity contribution < 1.29 is 8.42 Å². The van der Waals surface area contributed by atoms with Gasteiger partial charge < -0.3 is 4.90 Å². The minimum absolute atomic E-state index is 0.148. The van der Waals surface area contributed by atoms with E-state index in [2.05, 4.69) is 18.7 Å². The van der Waals surface area contributed by atoms with Crippen molar-refractivity contribution in [1.29, 1.82) is 0 Å². The summed E-state index contributed by atoms with van der Waals surface area (Å²) in [4.78, 5) is 2.30. The van der Waals surface area contributed by atoms with Gasteiger partial charge in [0.05, 0.1) is 5.25 Å². The van der Waals surface area contributed by atoms with Gasteiger partial charge in [0.2, 0.25) is 10.0 Å². The van der Waals surface area contributed by atoms with Gasteiger partial charge in [0.15, 0.2) is 0 Å². The fourth-order valence-corrected chi connectivity index (χ4v) is 3.70. The summed E-state index contributed by atoms with van der Waals surface area (Å²) in [5.41, 5.74) is 0. The SMILES string of the molecule is CCN(CC)CCCN(CC)S(=O)(=O)C(C)CCl. The molecule has 0 radical (unpaired) electrons. The van der Waals surface area contributed by atoms with E-state index in [1.807, 2.05) is 6.92 Å². The molecule has 0 aromatic rings. The molecule has 0 spiro atoms. The predicted octanol–water partition coefficient (Wildman–Crippen LogP) is 2.00. The van der Waals surface area contributed by atoms with E-state index in [-0.39, 0.29) is 5.88 Å². The molecule has 18 heavy (non-hydrogen) atoms. The molecule has 6 heteroatoms. The Morgan fingerprint density at radius 2 is 1.61 bits per heavy atom. The van der Waals surface area contributed by atoms with Gasteiger partial charge in [-0.15, -0.1) is 11.6 Å². The predicted molar refractivity (Wildman–Crippen MR) is 78.8 cm³/mol. The monoisotopic (exact) mass is 298 g/mol. The first-order valence-electron chi connectivity index (χ1n) is 6.71. The molecule has 0 heterocycles. The lowest BCUT2D eigenvalue weighted by Crippen LogP contribution is -2.39. The standard InChI is InChI=1S/C12H27ClN2O2S/c1-5-14(6-2)9-8-10-15(7-3)18(16,17)12(4)11-13/h12H,5-11H2,1-4H3. The Morgan fingerprint density at radius 3 is 2.00 bits per heavy atom. The van der Waals surface area contributed by atoms with Gasteiger partial charge in [-0.2, -0.15) is 0 Å². The highest BCUT2D eigenvalue weighted by Crippen LogP contribution is 2.11. The molecule has 0 aliphatic heterocycles. The number of halogens is 1. The highest BCUT2D eigenvalue weighted by Gasteiger charge is 2.26. The van der Waals surface area contributed by atoms with E-state index in [9.17, 15) is 8.42 Å². The van der Waals surface area contributed by atoms with Crippen LogP contribution in [0.3, 0.4) is 0 Å². The molecule has 1 atom stereocenters. The van der Waals surface area contributed by atoms with Crippen molar-refractivity contribution in [3.63, 3.8) is 0 Å². The van der Waals surface area contributed by atoms with Crippen LogP contribution in [-0.2, 0) is 10.0 Å². The van der Waals surface area contributed by atoms with Crippen LogP contribution in [0.4, 0.5) is 0 Å². The third kappa shape index (κ3) is 5.43. The van der Waals surface area contributed by atoms with Gasteiger partial charge in [0.25, 0.3) is 0 Å². The molecular weight excluding hydrogens is 272 g/mol. The summed E-state index contributed by atoms with van der Waals surface area (Å²) in [5, 5.41) is -0.507. The summed E-state index contributed by atoms with van der Waals surface area (Å²) < 4.78 is 25.8. The van der Waals surface area contributed by atoms with Crippen LogP contribution in [0.5, 0.6) is 0 Å². The van der Waals surface area contributed by atoms with Gasteiger partial charge in [-0.1, -0.05) is 20.8 Å². The Morgan fingerprint density at radius 1 is 1.06 bits per heavy atom. The van der Waals surface area contributed by atoms with Crippen LogP contribution in [0.1, 0.15) is 34.1 Å². The fraction of sp³-hybridized carbons (Fsp3) is 1.00. The zero-order chi connectivity index (χ0) is 14.2. The maximum atomic E-state index is 12.1. The number of hydrogen-bond donors (Lipinski definition) is 0. The Hall–Kier alpha value is 0.160. The van der Waals surface area contributed by atoms with E-state index in [1.165, 1.54) is 0 Å². The lowest BCUT2D eigenvalue weighted by atomic mass is 10.3. The third-order valence-electron chi connectivity index (χ3n) is 3.21. The lowest BCUT2D eigenvalue weighted by Gasteiger charge is -2.25. The van der Waals surface area contributed by atoms with E-state index in [4.69, 9.17) is 11.6 Å². The highest BCUT2D eigenvalue weighted by molar-refractivity contribution is 7.89. The molecular formula is C12H27ClN2O2S. The highest BCUT2D eigenvalue weighted by atomic mass is 35.5. The number of rotatable bonds is 10. The van der Waals surface area contributed by atoms with Crippen molar-refractivity contribution in [3.05, 3.63) is 0 Å². The van der Waals surface area contributed by atoms with E-state index in [0.717, 1.165) is 26.1 Å². The lowest BCUT2D eigenvalue weighted by molar-refractivity contribution is 0.285. The van der Waals surface area contributed by atoms with Crippen molar-refractivity contribution in [2.75, 3.05) is 38.6 Å². The van der Waals surface area contributed by atoms with E-state index < -0.39 is 15.3 Å². The van der Waals surface area contributed by atoms with Gasteiger partial charge in [-0.3, -0.25) is 0 Å². The molecule has 0 rings (SSSR count). The van der Waals surface area contributed by atoms with Crippen LogP contribution in [0.2, 0.25) is 0 Å². The van der Waals surface area contributed by atoms with Crippen molar-refractivity contribution in [2.24, 2.45) is 0 Å². The Balaban J connectivity index is 4.36. The number of nitrogens with zero attached hydrogens (tertiary/aromatic N) is 2. The fourth-order valence-electron chi connectivity index (χ4n) is 1.81. The smallest absolute Gasteiger partial charge is 0.217 e. The minimum atomic E-state index is -3.23. The number of sulfonamides is 1. The molecule has 0 saturated heterocycles. The molecule has 0 aliphatic rings. The topological polar surface area (TPSA) is 40.6 Å². The summed E-state index contributed by atoms with van der Waals surface area (Å²) in [5.74, 6) is 0.148. The molecule has 0 fully saturated rings. The van der Waals surface area contributed by atoms with Gasteiger partial charge >= 0.3 is 0 Å². The second-order valence-electron chi connectivity index (χ2n) is 4.38. The maximum absolute atomic E-state index is 12.1. The molecule has 0 N–H and O–H groups in total. The molecule has 0 bridgehead atoms. The maximum Gasteiger partial charge on any atom is 0.217 e. The van der Waals surface area contributed by atoms with Gasteiger partial charge in [0, 0.05) is 19.0 Å². The van der Waals surface area contributed by atoms with E-state index in [0.29, 0.717) is 13.1 Å². The van der Waals surface area contributed by atoms with Crippen LogP contribution in [0.25, 0.3) is 0 Å². The van der Waals surface area contributed by atoms with Crippen LogP contribution < -0.4 is 0 Å². The molecule has 0 aromatic heterocycles. The van der Waals surface area contributed by atoms with Crippen LogP contribution in [-0.4, -0.2) is 61.5 Å². The first-order valence-corrected chi connectivity index (χ1v) is 8.74. The summed E-state index contributed by atoms with van der Waals surface area (Å²) >= 11 is 5.65. The van der Waals surface area contributed by atoms with Crippen molar-refractivity contribution in [2.45, 2.75) is 39.4 Å². The zero-order valence-corrected chi connectivity index (χ0v) is 13.6. The van der Waals surface area contributed by atoms with Crippen molar-refractivity contribution >= 4 is 21.6 Å². The first-order chi connectivity index (χ1) is 8.43. The Labute approximate surface area is 117 Å². The minimum Gasteiger partial charge on any atom is -0.304 e. The Bertz CT molecular complexity index is 305. The summed E-state index contributed by atoms with van der Waals surface area (Å²) in [6.07, 6.45) is 0.865. The normalized spacial score (nSPS) is 14.4. The third-order valence-corrected chi connectivity index (χ3v) is 6.20. The van der Waals surface area contributed by atoms with E-state index in [1.54, 1.807) is 11.2 Å². The average Bonchev–Trinajstić information content (AvgIpc) is 2.37. The molecule has 0 aromatic carbocycles. The largest absolute Gasteiger partial charge is 0.304 e. The summed E-state index contributed by atoms with van der Waals surface area (Å²) in [6, 6.07) is 0. The second-order valence-corrected chi connectivity index (χ2v) is 7.04. The zero-order valence-electron chi connectivity index (χ0n) is 12.0. The molecule has 0 aliphatic carbocycles. The summed E-state index contributed by atoms with van der Waals surface area (Å²) in [7, 11) is -3.23. The van der Waals surface area contributed by atoms with Crippen molar-refractivity contribution in [1.82, 2.24) is 9.21 Å². The van der Waals surface area contributed by atoms with Gasteiger partial charge in [-0.25, -0.2) is 12.7 Å². The molecule has 110 valence electrons. The van der Waals surface area contributed by atoms with Crippen LogP contribution in [0, 0.1) is 0 Å². The summed E-state index contributed by atoms with van der Waals surface area (Å²) in [6.45, 7) is 11.8. The van der Waals surface area contributed by atoms with Gasteiger partial charge in [-0.05, 0) is 33.0 Å². The van der Waals surface area contributed by atoms with Crippen LogP contribution >= 0.6 is 11.6 Å².